The number of benzene rings is 1. The molecule has 0 radical (unpaired) electrons. The summed E-state index contributed by atoms with van der Waals surface area (Å²) in [6.07, 6.45) is 1.35. The van der Waals surface area contributed by atoms with Crippen LogP contribution in [0.2, 0.25) is 0 Å². The third-order valence-corrected chi connectivity index (χ3v) is 3.72. The number of fused-ring (bicyclic) bond motifs is 1. The Morgan fingerprint density at radius 3 is 2.84 bits per heavy atom. The fourth-order valence-corrected chi connectivity index (χ4v) is 2.15. The van der Waals surface area contributed by atoms with Crippen molar-refractivity contribution < 1.29 is 4.39 Å². The van der Waals surface area contributed by atoms with Crippen LogP contribution < -0.4 is 5.56 Å². The molecule has 19 heavy (non-hydrogen) atoms. The van der Waals surface area contributed by atoms with E-state index >= 15 is 0 Å². The van der Waals surface area contributed by atoms with Gasteiger partial charge in [0, 0.05) is 4.47 Å². The number of rotatable bonds is 1. The van der Waals surface area contributed by atoms with Crippen molar-refractivity contribution >= 4 is 21.6 Å². The summed E-state index contributed by atoms with van der Waals surface area (Å²) >= 11 is 3.40. The van der Waals surface area contributed by atoms with E-state index < -0.39 is 11.5 Å². The molecule has 0 fully saturated rings. The lowest BCUT2D eigenvalue weighted by Crippen LogP contribution is -2.21. The molecule has 0 unspecified atom stereocenters. The molecule has 3 aromatic rings. The smallest absolute Gasteiger partial charge is 0.261 e. The second-order valence-electron chi connectivity index (χ2n) is 4.08. The lowest BCUT2D eigenvalue weighted by atomic mass is 10.2. The Kier molecular flexibility index (Phi) is 2.70. The summed E-state index contributed by atoms with van der Waals surface area (Å²) in [5, 5.41) is 7.24. The van der Waals surface area contributed by atoms with Gasteiger partial charge in [-0.2, -0.15) is 8.91 Å². The topological polar surface area (TPSA) is 52.2 Å². The summed E-state index contributed by atoms with van der Waals surface area (Å²) in [4.78, 5) is 12.0. The van der Waals surface area contributed by atoms with Crippen LogP contribution in [0.3, 0.4) is 0 Å². The number of halogens is 2. The van der Waals surface area contributed by atoms with E-state index in [-0.39, 0.29) is 5.65 Å². The summed E-state index contributed by atoms with van der Waals surface area (Å²) < 4.78 is 16.8. The first-order valence-corrected chi connectivity index (χ1v) is 6.26. The van der Waals surface area contributed by atoms with E-state index in [1.165, 1.54) is 10.8 Å². The van der Waals surface area contributed by atoms with Crippen molar-refractivity contribution in [3.8, 4) is 5.69 Å². The minimum absolute atomic E-state index is 0.284. The average Bonchev–Trinajstić information content (AvgIpc) is 2.83. The van der Waals surface area contributed by atoms with Gasteiger partial charge in [0.05, 0.1) is 18.0 Å². The van der Waals surface area contributed by atoms with Gasteiger partial charge >= 0.3 is 0 Å². The highest BCUT2D eigenvalue weighted by atomic mass is 79.9. The highest BCUT2D eigenvalue weighted by molar-refractivity contribution is 9.10. The molecule has 5 nitrogen and oxygen atoms in total. The van der Waals surface area contributed by atoms with Crippen LogP contribution in [0.15, 0.2) is 39.7 Å². The van der Waals surface area contributed by atoms with E-state index in [1.54, 1.807) is 6.07 Å². The van der Waals surface area contributed by atoms with E-state index in [1.807, 2.05) is 19.1 Å². The molecule has 2 heterocycles. The number of hydrogen-bond donors (Lipinski definition) is 0. The van der Waals surface area contributed by atoms with Crippen molar-refractivity contribution in [2.75, 3.05) is 0 Å². The van der Waals surface area contributed by atoms with Gasteiger partial charge in [0.15, 0.2) is 5.65 Å². The second kappa shape index (κ2) is 4.27. The zero-order chi connectivity index (χ0) is 13.6. The van der Waals surface area contributed by atoms with Gasteiger partial charge in [0.25, 0.3) is 5.56 Å². The summed E-state index contributed by atoms with van der Waals surface area (Å²) in [5.74, 6) is -0.734. The molecule has 0 amide bonds. The fraction of sp³-hybridized carbons (Fsp3) is 0.0833. The molecule has 0 aliphatic rings. The van der Waals surface area contributed by atoms with Gasteiger partial charge in [0.2, 0.25) is 5.95 Å². The molecule has 0 N–H and O–H groups in total. The standard InChI is InChI=1S/C12H8BrFN4O/c1-7-4-8(2-3-9(7)13)17-11-6-15-16-18(11)10(14)5-12(17)19/h2-6H,1H3. The number of aromatic nitrogens is 4. The van der Waals surface area contributed by atoms with E-state index in [4.69, 9.17) is 0 Å². The van der Waals surface area contributed by atoms with Crippen molar-refractivity contribution in [2.24, 2.45) is 0 Å². The van der Waals surface area contributed by atoms with Gasteiger partial charge in [-0.05, 0) is 30.7 Å². The lowest BCUT2D eigenvalue weighted by molar-refractivity contribution is 0.528. The maximum absolute atomic E-state index is 13.6. The van der Waals surface area contributed by atoms with Gasteiger partial charge in [-0.15, -0.1) is 5.10 Å². The van der Waals surface area contributed by atoms with Gasteiger partial charge < -0.3 is 0 Å². The van der Waals surface area contributed by atoms with Crippen LogP contribution in [-0.4, -0.2) is 19.4 Å². The molecule has 96 valence electrons. The van der Waals surface area contributed by atoms with Crippen LogP contribution in [0.1, 0.15) is 5.56 Å². The molecule has 7 heteroatoms. The molecule has 0 bridgehead atoms. The Hall–Kier alpha value is -2.02. The molecule has 0 atom stereocenters. The maximum Gasteiger partial charge on any atom is 0.261 e. The Morgan fingerprint density at radius 2 is 2.11 bits per heavy atom. The van der Waals surface area contributed by atoms with Gasteiger partial charge in [-0.1, -0.05) is 21.1 Å². The van der Waals surface area contributed by atoms with Gasteiger partial charge in [0.1, 0.15) is 0 Å². The SMILES string of the molecule is Cc1cc(-n2c(=O)cc(F)n3nncc23)ccc1Br. The van der Waals surface area contributed by atoms with Crippen LogP contribution in [0.5, 0.6) is 0 Å². The summed E-state index contributed by atoms with van der Waals surface area (Å²) in [5.41, 5.74) is 1.43. The van der Waals surface area contributed by atoms with Crippen LogP contribution in [-0.2, 0) is 0 Å². The van der Waals surface area contributed by atoms with Crippen molar-refractivity contribution in [1.29, 1.82) is 0 Å². The third kappa shape index (κ3) is 1.86. The quantitative estimate of drug-likeness (QED) is 0.645. The first-order valence-electron chi connectivity index (χ1n) is 5.46. The van der Waals surface area contributed by atoms with E-state index in [2.05, 4.69) is 26.2 Å². The predicted molar refractivity (Wildman–Crippen MR) is 71.0 cm³/mol. The minimum Gasteiger partial charge on any atom is -0.269 e. The molecule has 0 spiro atoms. The fourth-order valence-electron chi connectivity index (χ4n) is 1.90. The Balaban J connectivity index is 2.39. The minimum atomic E-state index is -0.734. The summed E-state index contributed by atoms with van der Waals surface area (Å²) in [6.45, 7) is 1.91. The molecule has 0 aliphatic heterocycles. The van der Waals surface area contributed by atoms with Crippen LogP contribution in [0, 0.1) is 12.9 Å². The van der Waals surface area contributed by atoms with E-state index in [0.717, 1.165) is 20.6 Å². The normalized spacial score (nSPS) is 11.1. The predicted octanol–water partition coefficient (Wildman–Crippen LogP) is 2.09. The lowest BCUT2D eigenvalue weighted by Gasteiger charge is -2.09. The van der Waals surface area contributed by atoms with Crippen LogP contribution in [0.25, 0.3) is 11.3 Å². The van der Waals surface area contributed by atoms with E-state index in [9.17, 15) is 9.18 Å². The molecule has 0 aliphatic carbocycles. The number of aryl methyl sites for hydroxylation is 1. The molecule has 1 aromatic carbocycles. The molecular weight excluding hydrogens is 315 g/mol. The molecule has 2 aromatic heterocycles. The Morgan fingerprint density at radius 1 is 1.32 bits per heavy atom. The average molecular weight is 323 g/mol. The Labute approximate surface area is 115 Å². The third-order valence-electron chi connectivity index (χ3n) is 2.83. The van der Waals surface area contributed by atoms with Crippen molar-refractivity contribution in [1.82, 2.24) is 19.4 Å². The van der Waals surface area contributed by atoms with Crippen molar-refractivity contribution in [3.05, 3.63) is 56.8 Å². The van der Waals surface area contributed by atoms with Crippen molar-refractivity contribution in [2.45, 2.75) is 6.92 Å². The molecule has 0 saturated carbocycles. The largest absolute Gasteiger partial charge is 0.269 e. The summed E-state index contributed by atoms with van der Waals surface area (Å²) in [7, 11) is 0. The van der Waals surface area contributed by atoms with Gasteiger partial charge in [-0.25, -0.2) is 0 Å². The summed E-state index contributed by atoms with van der Waals surface area (Å²) in [6, 6.07) is 6.32. The highest BCUT2D eigenvalue weighted by Gasteiger charge is 2.12. The van der Waals surface area contributed by atoms with Crippen LogP contribution in [0.4, 0.5) is 4.39 Å². The highest BCUT2D eigenvalue weighted by Crippen LogP contribution is 2.19. The zero-order valence-electron chi connectivity index (χ0n) is 9.84. The maximum atomic E-state index is 13.6. The Bertz CT molecular complexity index is 839. The zero-order valence-corrected chi connectivity index (χ0v) is 11.4. The molecule has 0 saturated heterocycles. The van der Waals surface area contributed by atoms with E-state index in [0.29, 0.717) is 5.69 Å². The van der Waals surface area contributed by atoms with Gasteiger partial charge in [-0.3, -0.25) is 9.36 Å². The van der Waals surface area contributed by atoms with Crippen LogP contribution >= 0.6 is 15.9 Å². The molecule has 3 rings (SSSR count). The molecular formula is C12H8BrFN4O. The first-order chi connectivity index (χ1) is 9.08. The second-order valence-corrected chi connectivity index (χ2v) is 4.93. The monoisotopic (exact) mass is 322 g/mol. The number of hydrogen-bond acceptors (Lipinski definition) is 3. The van der Waals surface area contributed by atoms with Crippen molar-refractivity contribution in [3.63, 3.8) is 0 Å². The number of nitrogens with zero attached hydrogens (tertiary/aromatic N) is 4. The first kappa shape index (κ1) is 12.0.